The monoisotopic (exact) mass is 181 g/mol. The standard InChI is InChI=1S/C9H11NOS/c10-9(11)6-5-7-3-1-2-4-8(7)12/h1-4,12H,5-6H2,(H2,10,11). The minimum atomic E-state index is -0.272. The molecule has 64 valence electrons. The first-order chi connectivity index (χ1) is 5.70. The predicted octanol–water partition coefficient (Wildman–Crippen LogP) is 1.39. The van der Waals surface area contributed by atoms with Crippen LogP contribution < -0.4 is 5.73 Å². The van der Waals surface area contributed by atoms with Gasteiger partial charge in [-0.3, -0.25) is 4.79 Å². The van der Waals surface area contributed by atoms with Gasteiger partial charge < -0.3 is 5.73 Å². The Kier molecular flexibility index (Phi) is 3.17. The molecule has 0 aliphatic carbocycles. The van der Waals surface area contributed by atoms with Gasteiger partial charge in [-0.2, -0.15) is 0 Å². The Hall–Kier alpha value is -0.960. The molecule has 0 heterocycles. The van der Waals surface area contributed by atoms with Gasteiger partial charge in [-0.05, 0) is 18.1 Å². The Morgan fingerprint density at radius 3 is 2.67 bits per heavy atom. The number of hydrogen-bond acceptors (Lipinski definition) is 2. The molecule has 3 heteroatoms. The van der Waals surface area contributed by atoms with Crippen molar-refractivity contribution in [3.8, 4) is 0 Å². The molecule has 0 aliphatic rings. The number of nitrogens with two attached hydrogens (primary N) is 1. The van der Waals surface area contributed by atoms with E-state index in [4.69, 9.17) is 5.73 Å². The first-order valence-corrected chi connectivity index (χ1v) is 4.20. The summed E-state index contributed by atoms with van der Waals surface area (Å²) in [5, 5.41) is 0. The summed E-state index contributed by atoms with van der Waals surface area (Å²) < 4.78 is 0. The summed E-state index contributed by atoms with van der Waals surface area (Å²) in [6.45, 7) is 0. The average molecular weight is 181 g/mol. The summed E-state index contributed by atoms with van der Waals surface area (Å²) in [5.41, 5.74) is 6.10. The van der Waals surface area contributed by atoms with Crippen LogP contribution >= 0.6 is 12.6 Å². The molecule has 1 rings (SSSR count). The zero-order valence-electron chi connectivity index (χ0n) is 6.66. The highest BCUT2D eigenvalue weighted by atomic mass is 32.1. The summed E-state index contributed by atoms with van der Waals surface area (Å²) in [6.07, 6.45) is 1.06. The lowest BCUT2D eigenvalue weighted by Gasteiger charge is -2.01. The molecular formula is C9H11NOS. The summed E-state index contributed by atoms with van der Waals surface area (Å²) >= 11 is 4.25. The van der Waals surface area contributed by atoms with Crippen LogP contribution in [0.15, 0.2) is 29.2 Å². The van der Waals surface area contributed by atoms with Crippen LogP contribution in [0.25, 0.3) is 0 Å². The number of carbonyl (C=O) groups excluding carboxylic acids is 1. The van der Waals surface area contributed by atoms with Crippen molar-refractivity contribution >= 4 is 18.5 Å². The molecule has 0 aliphatic heterocycles. The van der Waals surface area contributed by atoms with E-state index in [9.17, 15) is 4.79 Å². The Balaban J connectivity index is 2.63. The van der Waals surface area contributed by atoms with Gasteiger partial charge in [0.25, 0.3) is 0 Å². The van der Waals surface area contributed by atoms with E-state index in [2.05, 4.69) is 12.6 Å². The minimum absolute atomic E-state index is 0.272. The average Bonchev–Trinajstić information content (AvgIpc) is 2.03. The Morgan fingerprint density at radius 1 is 1.42 bits per heavy atom. The van der Waals surface area contributed by atoms with Crippen LogP contribution in [-0.4, -0.2) is 5.91 Å². The fraction of sp³-hybridized carbons (Fsp3) is 0.222. The highest BCUT2D eigenvalue weighted by Gasteiger charge is 1.99. The molecule has 0 aromatic heterocycles. The van der Waals surface area contributed by atoms with Gasteiger partial charge in [-0.1, -0.05) is 18.2 Å². The highest BCUT2D eigenvalue weighted by molar-refractivity contribution is 7.80. The van der Waals surface area contributed by atoms with Crippen LogP contribution in [-0.2, 0) is 11.2 Å². The molecule has 2 N–H and O–H groups in total. The summed E-state index contributed by atoms with van der Waals surface area (Å²) in [4.78, 5) is 11.4. The fourth-order valence-electron chi connectivity index (χ4n) is 0.980. The number of aryl methyl sites for hydroxylation is 1. The zero-order valence-corrected chi connectivity index (χ0v) is 7.55. The number of carbonyl (C=O) groups is 1. The molecule has 0 bridgehead atoms. The van der Waals surface area contributed by atoms with E-state index in [-0.39, 0.29) is 5.91 Å². The summed E-state index contributed by atoms with van der Waals surface area (Å²) in [6, 6.07) is 7.69. The van der Waals surface area contributed by atoms with E-state index < -0.39 is 0 Å². The predicted molar refractivity (Wildman–Crippen MR) is 51.2 cm³/mol. The molecule has 1 amide bonds. The van der Waals surface area contributed by atoms with Crippen molar-refractivity contribution in [1.29, 1.82) is 0 Å². The van der Waals surface area contributed by atoms with Gasteiger partial charge in [0.05, 0.1) is 0 Å². The van der Waals surface area contributed by atoms with Crippen LogP contribution in [0.1, 0.15) is 12.0 Å². The van der Waals surface area contributed by atoms with Crippen LogP contribution in [0.4, 0.5) is 0 Å². The van der Waals surface area contributed by atoms with E-state index in [1.54, 1.807) is 0 Å². The van der Waals surface area contributed by atoms with Crippen molar-refractivity contribution in [2.75, 3.05) is 0 Å². The van der Waals surface area contributed by atoms with Gasteiger partial charge >= 0.3 is 0 Å². The normalized spacial score (nSPS) is 9.75. The number of benzene rings is 1. The lowest BCUT2D eigenvalue weighted by Crippen LogP contribution is -2.11. The first-order valence-electron chi connectivity index (χ1n) is 3.75. The Labute approximate surface area is 77.2 Å². The maximum Gasteiger partial charge on any atom is 0.217 e. The molecule has 1 aromatic carbocycles. The van der Waals surface area contributed by atoms with Crippen molar-refractivity contribution in [3.63, 3.8) is 0 Å². The molecule has 0 saturated heterocycles. The second kappa shape index (κ2) is 4.16. The van der Waals surface area contributed by atoms with Gasteiger partial charge in [0.1, 0.15) is 0 Å². The van der Waals surface area contributed by atoms with E-state index in [0.717, 1.165) is 10.5 Å². The van der Waals surface area contributed by atoms with Crippen LogP contribution in [0.3, 0.4) is 0 Å². The highest BCUT2D eigenvalue weighted by Crippen LogP contribution is 2.14. The van der Waals surface area contributed by atoms with Crippen molar-refractivity contribution in [2.45, 2.75) is 17.7 Å². The second-order valence-corrected chi connectivity index (χ2v) is 3.08. The molecule has 12 heavy (non-hydrogen) atoms. The molecule has 0 saturated carbocycles. The first kappa shape index (κ1) is 9.13. The molecule has 2 nitrogen and oxygen atoms in total. The van der Waals surface area contributed by atoms with Crippen molar-refractivity contribution in [3.05, 3.63) is 29.8 Å². The number of primary amides is 1. The number of amides is 1. The molecule has 0 spiro atoms. The third-order valence-corrected chi connectivity index (χ3v) is 2.07. The number of rotatable bonds is 3. The van der Waals surface area contributed by atoms with E-state index in [1.165, 1.54) is 0 Å². The third-order valence-electron chi connectivity index (χ3n) is 1.63. The van der Waals surface area contributed by atoms with Gasteiger partial charge in [-0.25, -0.2) is 0 Å². The topological polar surface area (TPSA) is 43.1 Å². The molecule has 0 radical (unpaired) electrons. The van der Waals surface area contributed by atoms with Crippen molar-refractivity contribution in [1.82, 2.24) is 0 Å². The lowest BCUT2D eigenvalue weighted by atomic mass is 10.1. The van der Waals surface area contributed by atoms with Gasteiger partial charge in [0, 0.05) is 11.3 Å². The number of thiol groups is 1. The Morgan fingerprint density at radius 2 is 2.08 bits per heavy atom. The maximum absolute atomic E-state index is 10.5. The zero-order chi connectivity index (χ0) is 8.97. The van der Waals surface area contributed by atoms with Crippen LogP contribution in [0.2, 0.25) is 0 Å². The molecular weight excluding hydrogens is 170 g/mol. The minimum Gasteiger partial charge on any atom is -0.370 e. The summed E-state index contributed by atoms with van der Waals surface area (Å²) in [7, 11) is 0. The van der Waals surface area contributed by atoms with E-state index in [0.29, 0.717) is 12.8 Å². The third kappa shape index (κ3) is 2.58. The van der Waals surface area contributed by atoms with Crippen molar-refractivity contribution < 1.29 is 4.79 Å². The van der Waals surface area contributed by atoms with Crippen molar-refractivity contribution in [2.24, 2.45) is 5.73 Å². The number of hydrogen-bond donors (Lipinski definition) is 2. The molecule has 0 fully saturated rings. The van der Waals surface area contributed by atoms with Gasteiger partial charge in [0.15, 0.2) is 0 Å². The molecule has 0 unspecified atom stereocenters. The van der Waals surface area contributed by atoms with E-state index in [1.807, 2.05) is 24.3 Å². The largest absolute Gasteiger partial charge is 0.370 e. The van der Waals surface area contributed by atoms with Crippen LogP contribution in [0.5, 0.6) is 0 Å². The quantitative estimate of drug-likeness (QED) is 0.680. The lowest BCUT2D eigenvalue weighted by molar-refractivity contribution is -0.117. The van der Waals surface area contributed by atoms with Crippen LogP contribution in [0, 0.1) is 0 Å². The second-order valence-electron chi connectivity index (χ2n) is 2.60. The molecule has 1 aromatic rings. The fourth-order valence-corrected chi connectivity index (χ4v) is 1.25. The van der Waals surface area contributed by atoms with Gasteiger partial charge in [-0.15, -0.1) is 12.6 Å². The smallest absolute Gasteiger partial charge is 0.217 e. The summed E-state index contributed by atoms with van der Waals surface area (Å²) in [5.74, 6) is -0.272. The maximum atomic E-state index is 10.5. The molecule has 0 atom stereocenters. The van der Waals surface area contributed by atoms with E-state index >= 15 is 0 Å². The van der Waals surface area contributed by atoms with Gasteiger partial charge in [0.2, 0.25) is 5.91 Å². The SMILES string of the molecule is NC(=O)CCc1ccccc1S. The Bertz CT molecular complexity index is 286.